The number of carbonyl (C=O) groups is 1. The molecule has 24 heavy (non-hydrogen) atoms. The van der Waals surface area contributed by atoms with E-state index in [0.29, 0.717) is 5.56 Å². The van der Waals surface area contributed by atoms with Crippen molar-refractivity contribution < 1.29 is 13.2 Å². The molecule has 0 saturated heterocycles. The summed E-state index contributed by atoms with van der Waals surface area (Å²) in [4.78, 5) is 12.6. The van der Waals surface area contributed by atoms with Crippen molar-refractivity contribution in [3.05, 3.63) is 58.7 Å². The van der Waals surface area contributed by atoms with Crippen LogP contribution in [0.2, 0.25) is 0 Å². The Kier molecular flexibility index (Phi) is 5.11. The van der Waals surface area contributed by atoms with E-state index in [1.54, 1.807) is 12.1 Å². The molecule has 0 aliphatic carbocycles. The van der Waals surface area contributed by atoms with Crippen molar-refractivity contribution in [3.63, 3.8) is 0 Å². The third kappa shape index (κ3) is 3.66. The Balaban J connectivity index is 2.36. The van der Waals surface area contributed by atoms with Gasteiger partial charge in [0.15, 0.2) is 0 Å². The molecule has 0 fully saturated rings. The van der Waals surface area contributed by atoms with Crippen LogP contribution in [-0.4, -0.2) is 32.7 Å². The zero-order chi connectivity index (χ0) is 18.1. The number of hydrogen-bond donors (Lipinski definition) is 1. The molecule has 5 nitrogen and oxygen atoms in total. The van der Waals surface area contributed by atoms with Crippen molar-refractivity contribution in [2.24, 2.45) is 0 Å². The Morgan fingerprint density at radius 1 is 1.00 bits per heavy atom. The molecular weight excluding hydrogens is 324 g/mol. The summed E-state index contributed by atoms with van der Waals surface area (Å²) >= 11 is 0. The molecule has 0 aliphatic heterocycles. The maximum Gasteiger partial charge on any atom is 0.255 e. The summed E-state index contributed by atoms with van der Waals surface area (Å²) < 4.78 is 25.5. The molecule has 0 heterocycles. The number of benzene rings is 2. The Labute approximate surface area is 143 Å². The zero-order valence-electron chi connectivity index (χ0n) is 14.5. The molecule has 0 radical (unpaired) electrons. The number of anilines is 1. The highest BCUT2D eigenvalue weighted by Gasteiger charge is 2.19. The van der Waals surface area contributed by atoms with Crippen LogP contribution in [0.4, 0.5) is 5.69 Å². The van der Waals surface area contributed by atoms with Crippen molar-refractivity contribution in [1.82, 2.24) is 4.31 Å². The highest BCUT2D eigenvalue weighted by molar-refractivity contribution is 7.89. The van der Waals surface area contributed by atoms with Crippen LogP contribution in [0.1, 0.15) is 27.0 Å². The SMILES string of the molecule is Cc1cc(C)c(NC(=O)c2cccc(S(=O)(=O)N(C)C)c2)c(C)c1. The number of nitrogens with one attached hydrogen (secondary N) is 1. The molecular formula is C18H22N2O3S. The summed E-state index contributed by atoms with van der Waals surface area (Å²) in [6.45, 7) is 5.87. The summed E-state index contributed by atoms with van der Waals surface area (Å²) in [5.74, 6) is -0.333. The van der Waals surface area contributed by atoms with Crippen molar-refractivity contribution in [2.45, 2.75) is 25.7 Å². The summed E-state index contributed by atoms with van der Waals surface area (Å²) in [5.41, 5.74) is 4.13. The minimum Gasteiger partial charge on any atom is -0.322 e. The van der Waals surface area contributed by atoms with Gasteiger partial charge in [-0.05, 0) is 50.1 Å². The van der Waals surface area contributed by atoms with E-state index in [1.165, 1.54) is 26.2 Å². The first-order valence-corrected chi connectivity index (χ1v) is 8.98. The van der Waals surface area contributed by atoms with Crippen molar-refractivity contribution >= 4 is 21.6 Å². The Morgan fingerprint density at radius 3 is 2.12 bits per heavy atom. The van der Waals surface area contributed by atoms with Gasteiger partial charge in [-0.15, -0.1) is 0 Å². The first-order chi connectivity index (χ1) is 11.1. The van der Waals surface area contributed by atoms with Crippen LogP contribution in [0.5, 0.6) is 0 Å². The van der Waals surface area contributed by atoms with E-state index in [9.17, 15) is 13.2 Å². The van der Waals surface area contributed by atoms with Gasteiger partial charge in [-0.2, -0.15) is 0 Å². The van der Waals surface area contributed by atoms with Gasteiger partial charge in [0.05, 0.1) is 4.90 Å². The summed E-state index contributed by atoms with van der Waals surface area (Å²) in [6.07, 6.45) is 0. The van der Waals surface area contributed by atoms with Crippen LogP contribution >= 0.6 is 0 Å². The normalized spacial score (nSPS) is 11.6. The van der Waals surface area contributed by atoms with Gasteiger partial charge in [0.25, 0.3) is 5.91 Å². The Morgan fingerprint density at radius 2 is 1.58 bits per heavy atom. The third-order valence-electron chi connectivity index (χ3n) is 3.79. The molecule has 0 aromatic heterocycles. The predicted octanol–water partition coefficient (Wildman–Crippen LogP) is 3.11. The summed E-state index contributed by atoms with van der Waals surface area (Å²) in [6, 6.07) is 10.0. The van der Waals surface area contributed by atoms with Crippen molar-refractivity contribution in [2.75, 3.05) is 19.4 Å². The minimum absolute atomic E-state index is 0.0949. The number of amides is 1. The fraction of sp³-hybridized carbons (Fsp3) is 0.278. The molecule has 0 atom stereocenters. The van der Waals surface area contributed by atoms with Crippen LogP contribution in [0.25, 0.3) is 0 Å². The van der Waals surface area contributed by atoms with E-state index in [4.69, 9.17) is 0 Å². The Bertz CT molecular complexity index is 864. The van der Waals surface area contributed by atoms with E-state index < -0.39 is 10.0 Å². The van der Waals surface area contributed by atoms with Gasteiger partial charge < -0.3 is 5.32 Å². The van der Waals surface area contributed by atoms with E-state index in [1.807, 2.05) is 32.9 Å². The van der Waals surface area contributed by atoms with Gasteiger partial charge in [0.1, 0.15) is 0 Å². The molecule has 128 valence electrons. The molecule has 2 aromatic rings. The minimum atomic E-state index is -3.57. The van der Waals surface area contributed by atoms with E-state index in [0.717, 1.165) is 26.7 Å². The number of aryl methyl sites for hydroxylation is 3. The fourth-order valence-corrected chi connectivity index (χ4v) is 3.52. The van der Waals surface area contributed by atoms with Crippen LogP contribution in [0, 0.1) is 20.8 Å². The lowest BCUT2D eigenvalue weighted by atomic mass is 10.0. The van der Waals surface area contributed by atoms with Crippen LogP contribution in [-0.2, 0) is 10.0 Å². The molecule has 1 N–H and O–H groups in total. The van der Waals surface area contributed by atoms with Gasteiger partial charge in [-0.1, -0.05) is 23.8 Å². The predicted molar refractivity (Wildman–Crippen MR) is 95.9 cm³/mol. The van der Waals surface area contributed by atoms with Gasteiger partial charge in [0, 0.05) is 25.3 Å². The highest BCUT2D eigenvalue weighted by atomic mass is 32.2. The number of rotatable bonds is 4. The lowest BCUT2D eigenvalue weighted by Gasteiger charge is -2.14. The number of hydrogen-bond acceptors (Lipinski definition) is 3. The lowest BCUT2D eigenvalue weighted by molar-refractivity contribution is 0.102. The average molecular weight is 346 g/mol. The van der Waals surface area contributed by atoms with Crippen molar-refractivity contribution in [1.29, 1.82) is 0 Å². The second kappa shape index (κ2) is 6.75. The second-order valence-electron chi connectivity index (χ2n) is 6.04. The fourth-order valence-electron chi connectivity index (χ4n) is 2.57. The first-order valence-electron chi connectivity index (χ1n) is 7.54. The molecule has 0 spiro atoms. The molecule has 6 heteroatoms. The molecule has 0 unspecified atom stereocenters. The lowest BCUT2D eigenvalue weighted by Crippen LogP contribution is -2.23. The molecule has 2 aromatic carbocycles. The molecule has 1 amide bonds. The van der Waals surface area contributed by atoms with Gasteiger partial charge >= 0.3 is 0 Å². The van der Waals surface area contributed by atoms with E-state index >= 15 is 0 Å². The van der Waals surface area contributed by atoms with Gasteiger partial charge in [-0.25, -0.2) is 12.7 Å². The number of nitrogens with zero attached hydrogens (tertiary/aromatic N) is 1. The second-order valence-corrected chi connectivity index (χ2v) is 8.19. The monoisotopic (exact) mass is 346 g/mol. The molecule has 0 aliphatic rings. The standard InChI is InChI=1S/C18H22N2O3S/c1-12-9-13(2)17(14(3)10-12)19-18(21)15-7-6-8-16(11-15)24(22,23)20(4)5/h6-11H,1-5H3,(H,19,21). The number of sulfonamides is 1. The van der Waals surface area contributed by atoms with Crippen LogP contribution in [0.15, 0.2) is 41.3 Å². The van der Waals surface area contributed by atoms with Crippen LogP contribution < -0.4 is 5.32 Å². The van der Waals surface area contributed by atoms with E-state index in [-0.39, 0.29) is 10.8 Å². The number of carbonyl (C=O) groups excluding carboxylic acids is 1. The molecule has 2 rings (SSSR count). The zero-order valence-corrected chi connectivity index (χ0v) is 15.4. The van der Waals surface area contributed by atoms with Gasteiger partial charge in [-0.3, -0.25) is 4.79 Å². The Hall–Kier alpha value is -2.18. The molecule has 0 bridgehead atoms. The molecule has 0 saturated carbocycles. The summed E-state index contributed by atoms with van der Waals surface area (Å²) in [5, 5.41) is 2.88. The topological polar surface area (TPSA) is 66.5 Å². The van der Waals surface area contributed by atoms with Gasteiger partial charge in [0.2, 0.25) is 10.0 Å². The third-order valence-corrected chi connectivity index (χ3v) is 5.60. The van der Waals surface area contributed by atoms with Crippen molar-refractivity contribution in [3.8, 4) is 0 Å². The maximum absolute atomic E-state index is 12.5. The first kappa shape index (κ1) is 18.2. The largest absolute Gasteiger partial charge is 0.322 e. The highest BCUT2D eigenvalue weighted by Crippen LogP contribution is 2.23. The summed E-state index contributed by atoms with van der Waals surface area (Å²) in [7, 11) is -0.656. The average Bonchev–Trinajstić information content (AvgIpc) is 2.50. The van der Waals surface area contributed by atoms with E-state index in [2.05, 4.69) is 5.32 Å². The van der Waals surface area contributed by atoms with Crippen LogP contribution in [0.3, 0.4) is 0 Å². The maximum atomic E-state index is 12.5. The smallest absolute Gasteiger partial charge is 0.255 e. The quantitative estimate of drug-likeness (QED) is 0.925.